The van der Waals surface area contributed by atoms with Crippen LogP contribution in [0.3, 0.4) is 0 Å². The van der Waals surface area contributed by atoms with Crippen LogP contribution in [0.2, 0.25) is 0 Å². The zero-order chi connectivity index (χ0) is 39.3. The van der Waals surface area contributed by atoms with Crippen LogP contribution in [0.5, 0.6) is 0 Å². The topological polar surface area (TPSA) is 135 Å². The Hall–Kier alpha value is -2.11. The minimum Gasteiger partial charge on any atom is -0.457 e. The number of ether oxygens (including phenoxy) is 4. The van der Waals surface area contributed by atoms with E-state index in [0.29, 0.717) is 13.0 Å². The van der Waals surface area contributed by atoms with Gasteiger partial charge in [0.2, 0.25) is 0 Å². The van der Waals surface area contributed by atoms with Crippen molar-refractivity contribution in [2.24, 2.45) is 0 Å². The highest BCUT2D eigenvalue weighted by Crippen LogP contribution is 2.22. The predicted octanol–water partition coefficient (Wildman–Crippen LogP) is 9.13. The van der Waals surface area contributed by atoms with Crippen LogP contribution in [-0.2, 0) is 23.7 Å². The molecule has 1 heterocycles. The number of hydrogen-bond donors (Lipinski definition) is 4. The van der Waals surface area contributed by atoms with Gasteiger partial charge in [0.1, 0.15) is 30.5 Å². The smallest absolute Gasteiger partial charge is 0.306 e. The molecule has 0 aromatic carbocycles. The van der Waals surface area contributed by atoms with Gasteiger partial charge in [0.25, 0.3) is 0 Å². The van der Waals surface area contributed by atoms with Crippen molar-refractivity contribution in [1.29, 1.82) is 0 Å². The molecule has 9 heteroatoms. The normalized spacial score (nSPS) is 21.5. The summed E-state index contributed by atoms with van der Waals surface area (Å²) in [6.45, 7) is 4.37. The molecule has 1 rings (SSSR count). The third-order valence-corrected chi connectivity index (χ3v) is 9.45. The molecular weight excluding hydrogens is 684 g/mol. The maximum Gasteiger partial charge on any atom is 0.306 e. The van der Waals surface area contributed by atoms with Crippen LogP contribution in [0.4, 0.5) is 0 Å². The van der Waals surface area contributed by atoms with E-state index in [2.05, 4.69) is 74.6 Å². The molecule has 0 amide bonds. The van der Waals surface area contributed by atoms with Crippen LogP contribution in [-0.4, -0.2) is 89.6 Å². The van der Waals surface area contributed by atoms with Gasteiger partial charge in [-0.05, 0) is 57.8 Å². The molecular formula is C45H78O9. The fourth-order valence-corrected chi connectivity index (χ4v) is 6.11. The average molecular weight is 763 g/mol. The Morgan fingerprint density at radius 3 is 1.70 bits per heavy atom. The van der Waals surface area contributed by atoms with Crippen molar-refractivity contribution >= 4 is 5.97 Å². The van der Waals surface area contributed by atoms with Gasteiger partial charge < -0.3 is 39.4 Å². The Bertz CT molecular complexity index is 1010. The summed E-state index contributed by atoms with van der Waals surface area (Å²) < 4.78 is 22.7. The van der Waals surface area contributed by atoms with E-state index in [1.807, 2.05) is 0 Å². The number of allylic oxidation sites excluding steroid dienone is 10. The van der Waals surface area contributed by atoms with E-state index in [0.717, 1.165) is 77.0 Å². The second-order valence-electron chi connectivity index (χ2n) is 14.4. The summed E-state index contributed by atoms with van der Waals surface area (Å²) in [7, 11) is 0. The molecule has 1 aliphatic rings. The van der Waals surface area contributed by atoms with Crippen LogP contribution < -0.4 is 0 Å². The van der Waals surface area contributed by atoms with E-state index in [4.69, 9.17) is 18.9 Å². The third-order valence-electron chi connectivity index (χ3n) is 9.45. The van der Waals surface area contributed by atoms with Gasteiger partial charge in [0.15, 0.2) is 6.29 Å². The van der Waals surface area contributed by atoms with Crippen molar-refractivity contribution in [3.05, 3.63) is 60.8 Å². The van der Waals surface area contributed by atoms with E-state index in [1.165, 1.54) is 57.8 Å². The second kappa shape index (κ2) is 36.5. The Kier molecular flexibility index (Phi) is 33.8. The highest BCUT2D eigenvalue weighted by Gasteiger charge is 2.44. The molecule has 54 heavy (non-hydrogen) atoms. The minimum absolute atomic E-state index is 0.121. The second-order valence-corrected chi connectivity index (χ2v) is 14.4. The Balaban J connectivity index is 2.25. The largest absolute Gasteiger partial charge is 0.457 e. The zero-order valence-electron chi connectivity index (χ0n) is 34.0. The number of carbonyl (C=O) groups is 1. The van der Waals surface area contributed by atoms with Gasteiger partial charge >= 0.3 is 5.97 Å². The summed E-state index contributed by atoms with van der Waals surface area (Å²) in [5.41, 5.74) is 0. The van der Waals surface area contributed by atoms with Crippen LogP contribution in [0.15, 0.2) is 60.8 Å². The molecule has 6 unspecified atom stereocenters. The van der Waals surface area contributed by atoms with Crippen molar-refractivity contribution in [2.75, 3.05) is 26.4 Å². The number of unbranched alkanes of at least 4 members (excludes halogenated alkanes) is 14. The van der Waals surface area contributed by atoms with E-state index in [1.54, 1.807) is 0 Å². The minimum atomic E-state index is -1.54. The van der Waals surface area contributed by atoms with Gasteiger partial charge in [-0.3, -0.25) is 4.79 Å². The Morgan fingerprint density at radius 1 is 0.611 bits per heavy atom. The molecule has 0 radical (unpaired) electrons. The molecule has 6 atom stereocenters. The lowest BCUT2D eigenvalue weighted by Gasteiger charge is -2.39. The maximum absolute atomic E-state index is 12.7. The molecule has 9 nitrogen and oxygen atoms in total. The van der Waals surface area contributed by atoms with Crippen molar-refractivity contribution in [3.8, 4) is 0 Å². The third kappa shape index (κ3) is 27.5. The van der Waals surface area contributed by atoms with Crippen molar-refractivity contribution < 1.29 is 44.2 Å². The number of rotatable bonds is 35. The molecule has 0 aromatic rings. The van der Waals surface area contributed by atoms with Gasteiger partial charge in [0, 0.05) is 13.0 Å². The monoisotopic (exact) mass is 763 g/mol. The standard InChI is InChI=1S/C45H78O9/c1-3-5-7-9-11-13-14-15-16-17-18-19-20-21-22-23-24-25-27-29-31-33-35-51-37-39(38-52-45-44(50)43(49)42(48)40(36-46)54-45)53-41(47)34-32-30-28-26-12-10-8-6-4-2/h5,7,11,13,15-16,18-19,21-22,39-40,42-46,48-50H,3-4,6,8-10,12,14,17,20,23-38H2,1-2H3/b7-5-,13-11-,16-15-,19-18-,22-21-. The number of carbonyl (C=O) groups excluding carboxylic acids is 1. The molecule has 0 saturated carbocycles. The summed E-state index contributed by atoms with van der Waals surface area (Å²) in [4.78, 5) is 12.7. The fourth-order valence-electron chi connectivity index (χ4n) is 6.11. The summed E-state index contributed by atoms with van der Waals surface area (Å²) in [5, 5.41) is 40.0. The lowest BCUT2D eigenvalue weighted by atomic mass is 9.99. The number of esters is 1. The van der Waals surface area contributed by atoms with Crippen LogP contribution in [0.1, 0.15) is 155 Å². The van der Waals surface area contributed by atoms with Gasteiger partial charge in [-0.15, -0.1) is 0 Å². The predicted molar refractivity (Wildman–Crippen MR) is 219 cm³/mol. The van der Waals surface area contributed by atoms with E-state index in [-0.39, 0.29) is 19.2 Å². The maximum atomic E-state index is 12.7. The van der Waals surface area contributed by atoms with Crippen molar-refractivity contribution in [3.63, 3.8) is 0 Å². The van der Waals surface area contributed by atoms with Crippen LogP contribution >= 0.6 is 0 Å². The molecule has 0 bridgehead atoms. The van der Waals surface area contributed by atoms with Gasteiger partial charge in [-0.25, -0.2) is 0 Å². The fraction of sp³-hybridized carbons (Fsp3) is 0.756. The quantitative estimate of drug-likeness (QED) is 0.0283. The summed E-state index contributed by atoms with van der Waals surface area (Å²) in [6.07, 6.45) is 38.3. The summed E-state index contributed by atoms with van der Waals surface area (Å²) in [5.74, 6) is -0.325. The molecule has 312 valence electrons. The van der Waals surface area contributed by atoms with Crippen molar-refractivity contribution in [2.45, 2.75) is 192 Å². The number of aliphatic hydroxyl groups is 4. The lowest BCUT2D eigenvalue weighted by molar-refractivity contribution is -0.305. The highest BCUT2D eigenvalue weighted by molar-refractivity contribution is 5.69. The molecule has 0 aliphatic carbocycles. The average Bonchev–Trinajstić information content (AvgIpc) is 3.17. The van der Waals surface area contributed by atoms with E-state index >= 15 is 0 Å². The SMILES string of the molecule is CC/C=C\C/C=C\C/C=C\C/C=C\C/C=C\CCCCCCCCOCC(COC1OC(CO)C(O)C(O)C1O)OC(=O)CCCCCCCCCCC. The first-order chi connectivity index (χ1) is 26.4. The number of hydrogen-bond acceptors (Lipinski definition) is 9. The van der Waals surface area contributed by atoms with Gasteiger partial charge in [0.05, 0.1) is 19.8 Å². The Morgan fingerprint density at radius 2 is 1.13 bits per heavy atom. The van der Waals surface area contributed by atoms with E-state index in [9.17, 15) is 25.2 Å². The lowest BCUT2D eigenvalue weighted by Crippen LogP contribution is -2.59. The van der Waals surface area contributed by atoms with Crippen molar-refractivity contribution in [1.82, 2.24) is 0 Å². The van der Waals surface area contributed by atoms with Crippen LogP contribution in [0.25, 0.3) is 0 Å². The summed E-state index contributed by atoms with van der Waals surface area (Å²) >= 11 is 0. The van der Waals surface area contributed by atoms with E-state index < -0.39 is 43.4 Å². The first kappa shape index (κ1) is 49.9. The summed E-state index contributed by atoms with van der Waals surface area (Å²) in [6, 6.07) is 0. The number of aliphatic hydroxyl groups excluding tert-OH is 4. The van der Waals surface area contributed by atoms with Crippen LogP contribution in [0, 0.1) is 0 Å². The molecule has 1 fully saturated rings. The molecule has 0 spiro atoms. The molecule has 1 saturated heterocycles. The Labute approximate surface area is 328 Å². The first-order valence-electron chi connectivity index (χ1n) is 21.4. The zero-order valence-corrected chi connectivity index (χ0v) is 34.0. The first-order valence-corrected chi connectivity index (χ1v) is 21.4. The van der Waals surface area contributed by atoms with Gasteiger partial charge in [-0.1, -0.05) is 152 Å². The molecule has 0 aromatic heterocycles. The highest BCUT2D eigenvalue weighted by atomic mass is 16.7. The molecule has 1 aliphatic heterocycles. The van der Waals surface area contributed by atoms with Gasteiger partial charge in [-0.2, -0.15) is 0 Å². The molecule has 4 N–H and O–H groups in total.